The average Bonchev–Trinajstić information content (AvgIpc) is 1.79. The van der Waals surface area contributed by atoms with Crippen LogP contribution in [-0.2, 0) is 4.79 Å². The van der Waals surface area contributed by atoms with Crippen LogP contribution in [-0.4, -0.2) is 69.9 Å². The van der Waals surface area contributed by atoms with Gasteiger partial charge in [-0.25, -0.2) is 0 Å². The molecule has 0 aromatic heterocycles. The maximum Gasteiger partial charge on any atom is 0.279 e. The quantitative estimate of drug-likeness (QED) is 0.500. The largest absolute Gasteiger partial charge is 0.323 e. The molecule has 0 radical (unpaired) electrons. The molecule has 0 heterocycles. The molecule has 0 rings (SSSR count). The molecule has 1 N–H and O–H groups in total. The Balaban J connectivity index is 4.09. The minimum Gasteiger partial charge on any atom is -0.323 e. The van der Waals surface area contributed by atoms with E-state index < -0.39 is 0 Å². The zero-order valence-electron chi connectivity index (χ0n) is 10.6. The molecule has 0 saturated heterocycles. The van der Waals surface area contributed by atoms with Crippen molar-refractivity contribution < 1.29 is 13.8 Å². The fraction of sp³-hybridized carbons (Fsp3) is 0.900. The highest BCUT2D eigenvalue weighted by Crippen LogP contribution is 1.98. The minimum atomic E-state index is 0.109. The Bertz CT molecular complexity index is 200. The standard InChI is InChI=1S/C10H24N3O/c1-9(13(5,6)7)11-10(14)8-12(2,3)4/h9H,8H2,1-7H3/q+1/p+1. The monoisotopic (exact) mass is 203 g/mol. The van der Waals surface area contributed by atoms with Gasteiger partial charge < -0.3 is 14.3 Å². The van der Waals surface area contributed by atoms with E-state index >= 15 is 0 Å². The summed E-state index contributed by atoms with van der Waals surface area (Å²) in [6.07, 6.45) is 0.147. The van der Waals surface area contributed by atoms with Gasteiger partial charge in [-0.1, -0.05) is 0 Å². The van der Waals surface area contributed by atoms with Crippen molar-refractivity contribution in [2.45, 2.75) is 13.1 Å². The van der Waals surface area contributed by atoms with Gasteiger partial charge in [0.25, 0.3) is 5.91 Å². The van der Waals surface area contributed by atoms with Gasteiger partial charge in [-0.15, -0.1) is 0 Å². The first-order valence-electron chi connectivity index (χ1n) is 4.93. The number of amides is 1. The SMILES string of the molecule is CC(NC(=O)C[N+](C)(C)C)[N+](C)(C)C. The third-order valence-electron chi connectivity index (χ3n) is 2.15. The Morgan fingerprint density at radius 1 is 1.14 bits per heavy atom. The Morgan fingerprint density at radius 2 is 1.57 bits per heavy atom. The predicted molar refractivity (Wildman–Crippen MR) is 58.5 cm³/mol. The second-order valence-corrected chi connectivity index (χ2v) is 5.81. The molecule has 0 bridgehead atoms. The average molecular weight is 203 g/mol. The van der Waals surface area contributed by atoms with Gasteiger partial charge in [0.2, 0.25) is 0 Å². The smallest absolute Gasteiger partial charge is 0.279 e. The van der Waals surface area contributed by atoms with Crippen molar-refractivity contribution in [3.63, 3.8) is 0 Å². The molecule has 1 amide bonds. The van der Waals surface area contributed by atoms with Crippen molar-refractivity contribution >= 4 is 5.91 Å². The van der Waals surface area contributed by atoms with Gasteiger partial charge in [-0.2, -0.15) is 0 Å². The molecular formula is C10H25N3O+2. The van der Waals surface area contributed by atoms with Gasteiger partial charge in [0, 0.05) is 6.92 Å². The van der Waals surface area contributed by atoms with Crippen molar-refractivity contribution in [2.75, 3.05) is 48.8 Å². The molecule has 84 valence electrons. The van der Waals surface area contributed by atoms with Gasteiger partial charge in [0.05, 0.1) is 42.3 Å². The lowest BCUT2D eigenvalue weighted by atomic mass is 10.4. The lowest BCUT2D eigenvalue weighted by Crippen LogP contribution is -2.56. The van der Waals surface area contributed by atoms with E-state index in [9.17, 15) is 4.79 Å². The zero-order chi connectivity index (χ0) is 11.6. The lowest BCUT2D eigenvalue weighted by molar-refractivity contribution is -0.896. The molecule has 0 aliphatic rings. The number of carbonyl (C=O) groups is 1. The summed E-state index contributed by atoms with van der Waals surface area (Å²) in [6.45, 7) is 2.54. The van der Waals surface area contributed by atoms with E-state index in [1.165, 1.54) is 0 Å². The molecule has 4 nitrogen and oxygen atoms in total. The van der Waals surface area contributed by atoms with Gasteiger partial charge in [0.1, 0.15) is 0 Å². The van der Waals surface area contributed by atoms with E-state index in [1.54, 1.807) is 0 Å². The summed E-state index contributed by atoms with van der Waals surface area (Å²) in [5, 5.41) is 2.99. The van der Waals surface area contributed by atoms with Gasteiger partial charge in [-0.05, 0) is 0 Å². The van der Waals surface area contributed by atoms with Crippen LogP contribution in [0.3, 0.4) is 0 Å². The maximum atomic E-state index is 11.6. The first-order valence-corrected chi connectivity index (χ1v) is 4.93. The summed E-state index contributed by atoms with van der Waals surface area (Å²) >= 11 is 0. The lowest BCUT2D eigenvalue weighted by Gasteiger charge is -2.32. The number of hydrogen-bond donors (Lipinski definition) is 1. The number of likely N-dealkylation sites (N-methyl/N-ethyl adjacent to an activating group) is 1. The normalized spacial score (nSPS) is 15.1. The molecule has 0 spiro atoms. The molecule has 14 heavy (non-hydrogen) atoms. The third-order valence-corrected chi connectivity index (χ3v) is 2.15. The van der Waals surface area contributed by atoms with Crippen LogP contribution in [0, 0.1) is 0 Å². The number of nitrogens with one attached hydrogen (secondary N) is 1. The van der Waals surface area contributed by atoms with E-state index in [0.717, 1.165) is 4.48 Å². The van der Waals surface area contributed by atoms with Gasteiger partial charge in [0.15, 0.2) is 12.7 Å². The molecule has 1 unspecified atom stereocenters. The number of hydrogen-bond acceptors (Lipinski definition) is 1. The van der Waals surface area contributed by atoms with Crippen LogP contribution in [0.25, 0.3) is 0 Å². The molecular weight excluding hydrogens is 178 g/mol. The van der Waals surface area contributed by atoms with Gasteiger partial charge in [-0.3, -0.25) is 4.79 Å². The first-order chi connectivity index (χ1) is 6.02. The third kappa shape index (κ3) is 5.94. The highest BCUT2D eigenvalue weighted by atomic mass is 16.2. The van der Waals surface area contributed by atoms with Crippen LogP contribution >= 0.6 is 0 Å². The second-order valence-electron chi connectivity index (χ2n) is 5.81. The molecule has 0 aliphatic heterocycles. The van der Waals surface area contributed by atoms with Crippen molar-refractivity contribution in [3.05, 3.63) is 0 Å². The Morgan fingerprint density at radius 3 is 1.86 bits per heavy atom. The molecule has 0 aliphatic carbocycles. The van der Waals surface area contributed by atoms with Crippen molar-refractivity contribution in [3.8, 4) is 0 Å². The molecule has 4 heteroatoms. The van der Waals surface area contributed by atoms with Crippen molar-refractivity contribution in [1.82, 2.24) is 5.32 Å². The Hall–Kier alpha value is -0.610. The molecule has 0 saturated carbocycles. The van der Waals surface area contributed by atoms with Crippen LogP contribution in [0.15, 0.2) is 0 Å². The summed E-state index contributed by atoms with van der Waals surface area (Å²) in [7, 11) is 12.2. The fourth-order valence-corrected chi connectivity index (χ4v) is 0.903. The fourth-order valence-electron chi connectivity index (χ4n) is 0.903. The summed E-state index contributed by atoms with van der Waals surface area (Å²) in [6, 6.07) is 0. The molecule has 1 atom stereocenters. The van der Waals surface area contributed by atoms with E-state index in [1.807, 2.05) is 28.1 Å². The number of carbonyl (C=O) groups excluding carboxylic acids is 1. The van der Waals surface area contributed by atoms with Crippen LogP contribution in [0.4, 0.5) is 0 Å². The summed E-state index contributed by atoms with van der Waals surface area (Å²) in [5.74, 6) is 0.109. The highest BCUT2D eigenvalue weighted by molar-refractivity contribution is 5.77. The summed E-state index contributed by atoms with van der Waals surface area (Å²) < 4.78 is 1.40. The van der Waals surface area contributed by atoms with E-state index in [2.05, 4.69) is 26.5 Å². The number of nitrogens with zero attached hydrogens (tertiary/aromatic N) is 2. The predicted octanol–water partition coefficient (Wildman–Crippen LogP) is -0.139. The number of rotatable bonds is 4. The van der Waals surface area contributed by atoms with Gasteiger partial charge >= 0.3 is 0 Å². The van der Waals surface area contributed by atoms with Crippen molar-refractivity contribution in [1.29, 1.82) is 0 Å². The van der Waals surface area contributed by atoms with Crippen LogP contribution in [0.5, 0.6) is 0 Å². The Labute approximate surface area is 87.7 Å². The minimum absolute atomic E-state index is 0.109. The Kier molecular flexibility index (Phi) is 4.09. The molecule has 0 aromatic carbocycles. The summed E-state index contributed by atoms with van der Waals surface area (Å²) in [4.78, 5) is 11.6. The second kappa shape index (κ2) is 4.28. The van der Waals surface area contributed by atoms with E-state index in [-0.39, 0.29) is 12.1 Å². The number of quaternary nitrogens is 2. The molecule has 0 aromatic rings. The van der Waals surface area contributed by atoms with Crippen molar-refractivity contribution in [2.24, 2.45) is 0 Å². The maximum absolute atomic E-state index is 11.6. The summed E-state index contributed by atoms with van der Waals surface area (Å²) in [5.41, 5.74) is 0. The highest BCUT2D eigenvalue weighted by Gasteiger charge is 2.22. The van der Waals surface area contributed by atoms with Crippen LogP contribution in [0.2, 0.25) is 0 Å². The first kappa shape index (κ1) is 13.4. The topological polar surface area (TPSA) is 29.1 Å². The van der Waals surface area contributed by atoms with E-state index in [0.29, 0.717) is 11.0 Å². The van der Waals surface area contributed by atoms with E-state index in [4.69, 9.17) is 0 Å². The van der Waals surface area contributed by atoms with Crippen LogP contribution in [0.1, 0.15) is 6.92 Å². The molecule has 0 fully saturated rings. The van der Waals surface area contributed by atoms with Crippen LogP contribution < -0.4 is 5.32 Å². The zero-order valence-corrected chi connectivity index (χ0v) is 10.6.